The first-order valence-electron chi connectivity index (χ1n) is 8.08. The van der Waals surface area contributed by atoms with E-state index in [0.29, 0.717) is 29.0 Å². The lowest BCUT2D eigenvalue weighted by Gasteiger charge is -2.21. The van der Waals surface area contributed by atoms with E-state index in [1.54, 1.807) is 42.5 Å². The third kappa shape index (κ3) is 3.55. The molecule has 0 fully saturated rings. The number of anilines is 1. The van der Waals surface area contributed by atoms with E-state index in [1.807, 2.05) is 13.0 Å². The Morgan fingerprint density at radius 3 is 2.77 bits per heavy atom. The van der Waals surface area contributed by atoms with Gasteiger partial charge >= 0.3 is 0 Å². The molecule has 0 saturated carbocycles. The molecule has 0 spiro atoms. The lowest BCUT2D eigenvalue weighted by atomic mass is 10.0. The summed E-state index contributed by atoms with van der Waals surface area (Å²) >= 11 is 0. The summed E-state index contributed by atoms with van der Waals surface area (Å²) in [4.78, 5) is 12.4. The van der Waals surface area contributed by atoms with Crippen LogP contribution in [0.3, 0.4) is 0 Å². The second-order valence-corrected chi connectivity index (χ2v) is 8.17. The number of fused-ring (bicyclic) bond motifs is 1. The monoisotopic (exact) mass is 370 g/mol. The van der Waals surface area contributed by atoms with Gasteiger partial charge in [-0.15, -0.1) is 0 Å². The van der Waals surface area contributed by atoms with Crippen LogP contribution in [0.15, 0.2) is 42.5 Å². The molecule has 134 valence electrons. The summed E-state index contributed by atoms with van der Waals surface area (Å²) in [6.07, 6.45) is 1.75. The van der Waals surface area contributed by atoms with E-state index >= 15 is 0 Å². The molecule has 0 N–H and O–H groups in total. The smallest absolute Gasteiger partial charge is 0.232 e. The zero-order valence-corrected chi connectivity index (χ0v) is 15.3. The van der Waals surface area contributed by atoms with Crippen molar-refractivity contribution in [3.8, 4) is 11.8 Å². The van der Waals surface area contributed by atoms with Crippen LogP contribution in [0, 0.1) is 11.3 Å². The van der Waals surface area contributed by atoms with Crippen LogP contribution in [0.25, 0.3) is 0 Å². The topological polar surface area (TPSA) is 87.5 Å². The van der Waals surface area contributed by atoms with E-state index in [2.05, 4.69) is 0 Å². The highest BCUT2D eigenvalue weighted by atomic mass is 32.2. The van der Waals surface area contributed by atoms with Crippen LogP contribution in [0.5, 0.6) is 5.75 Å². The van der Waals surface area contributed by atoms with Crippen molar-refractivity contribution in [3.63, 3.8) is 0 Å². The van der Waals surface area contributed by atoms with E-state index in [-0.39, 0.29) is 18.4 Å². The number of ether oxygens (including phenoxy) is 1. The van der Waals surface area contributed by atoms with Crippen molar-refractivity contribution in [1.29, 1.82) is 5.26 Å². The van der Waals surface area contributed by atoms with Crippen LogP contribution >= 0.6 is 0 Å². The first-order chi connectivity index (χ1) is 12.3. The van der Waals surface area contributed by atoms with Crippen molar-refractivity contribution in [2.45, 2.75) is 19.4 Å². The Labute approximate surface area is 152 Å². The molecule has 0 saturated heterocycles. The number of carbonyl (C=O) groups is 1. The van der Waals surface area contributed by atoms with E-state index < -0.39 is 10.0 Å². The van der Waals surface area contributed by atoms with Gasteiger partial charge in [-0.1, -0.05) is 6.07 Å². The lowest BCUT2D eigenvalue weighted by molar-refractivity contribution is 0.0921. The molecule has 6 nitrogen and oxygen atoms in total. The largest absolute Gasteiger partial charge is 0.485 e. The highest BCUT2D eigenvalue weighted by molar-refractivity contribution is 7.92. The van der Waals surface area contributed by atoms with Gasteiger partial charge < -0.3 is 4.74 Å². The predicted molar refractivity (Wildman–Crippen MR) is 97.9 cm³/mol. The Bertz CT molecular complexity index is 1010. The first-order valence-corrected chi connectivity index (χ1v) is 9.93. The van der Waals surface area contributed by atoms with Gasteiger partial charge in [0, 0.05) is 11.6 Å². The number of nitrogens with zero attached hydrogens (tertiary/aromatic N) is 2. The number of nitriles is 1. The summed E-state index contributed by atoms with van der Waals surface area (Å²) in [7, 11) is -3.35. The summed E-state index contributed by atoms with van der Waals surface area (Å²) in [6.45, 7) is 1.69. The summed E-state index contributed by atoms with van der Waals surface area (Å²) in [5.41, 5.74) is 2.39. The molecule has 0 amide bonds. The molecule has 0 aliphatic carbocycles. The first kappa shape index (κ1) is 18.0. The van der Waals surface area contributed by atoms with Crippen LogP contribution < -0.4 is 9.04 Å². The Morgan fingerprint density at radius 1 is 1.31 bits per heavy atom. The van der Waals surface area contributed by atoms with E-state index in [1.165, 1.54) is 10.6 Å². The Morgan fingerprint density at radius 2 is 2.08 bits per heavy atom. The van der Waals surface area contributed by atoms with Crippen molar-refractivity contribution in [3.05, 3.63) is 59.2 Å². The van der Waals surface area contributed by atoms with Crippen LogP contribution in [-0.2, 0) is 16.4 Å². The molecule has 2 aromatic rings. The number of rotatable bonds is 5. The van der Waals surface area contributed by atoms with Gasteiger partial charge in [0.05, 0.1) is 23.6 Å². The Balaban J connectivity index is 1.76. The van der Waals surface area contributed by atoms with Crippen molar-refractivity contribution in [1.82, 2.24) is 0 Å². The molecular weight excluding hydrogens is 352 g/mol. The van der Waals surface area contributed by atoms with E-state index in [4.69, 9.17) is 10.00 Å². The Hall–Kier alpha value is -2.85. The number of carbonyl (C=O) groups excluding carboxylic acids is 1. The fourth-order valence-corrected chi connectivity index (χ4v) is 4.43. The number of sulfonamides is 1. The van der Waals surface area contributed by atoms with Crippen molar-refractivity contribution < 1.29 is 17.9 Å². The van der Waals surface area contributed by atoms with E-state index in [0.717, 1.165) is 5.56 Å². The molecule has 1 heterocycles. The number of benzene rings is 2. The van der Waals surface area contributed by atoms with Gasteiger partial charge in [0.15, 0.2) is 12.4 Å². The molecule has 1 atom stereocenters. The Kier molecular flexibility index (Phi) is 4.70. The summed E-state index contributed by atoms with van der Waals surface area (Å²) < 4.78 is 30.8. The predicted octanol–water partition coefficient (Wildman–Crippen LogP) is 2.53. The number of ketones is 1. The third-order valence-electron chi connectivity index (χ3n) is 4.24. The molecule has 7 heteroatoms. The van der Waals surface area contributed by atoms with Gasteiger partial charge in [0.2, 0.25) is 10.0 Å². The van der Waals surface area contributed by atoms with E-state index in [9.17, 15) is 13.2 Å². The fourth-order valence-electron chi connectivity index (χ4n) is 3.17. The molecule has 0 bridgehead atoms. The summed E-state index contributed by atoms with van der Waals surface area (Å²) in [5.74, 6) is 0.246. The highest BCUT2D eigenvalue weighted by Gasteiger charge is 2.32. The molecule has 3 rings (SSSR count). The second-order valence-electron chi connectivity index (χ2n) is 6.31. The van der Waals surface area contributed by atoms with Gasteiger partial charge in [-0.3, -0.25) is 9.10 Å². The van der Waals surface area contributed by atoms with Gasteiger partial charge in [-0.2, -0.15) is 5.26 Å². The van der Waals surface area contributed by atoms with Crippen molar-refractivity contribution in [2.24, 2.45) is 0 Å². The highest BCUT2D eigenvalue weighted by Crippen LogP contribution is 2.34. The van der Waals surface area contributed by atoms with Crippen LogP contribution in [0.2, 0.25) is 0 Å². The SMILES string of the molecule is C[C@@H]1Cc2cc(C(=O)COc3cccc(C#N)c3)ccc2N1S(C)(=O)=O. The minimum absolute atomic E-state index is 0.154. The number of hydrogen-bond acceptors (Lipinski definition) is 5. The maximum Gasteiger partial charge on any atom is 0.232 e. The van der Waals surface area contributed by atoms with Crippen molar-refractivity contribution >= 4 is 21.5 Å². The number of Topliss-reactive ketones (excluding diaryl/α,β-unsaturated/α-hetero) is 1. The van der Waals surface area contributed by atoms with Gasteiger partial charge in [0.1, 0.15) is 5.75 Å². The minimum atomic E-state index is -3.35. The molecular formula is C19H18N2O4S. The summed E-state index contributed by atoms with van der Waals surface area (Å²) in [5, 5.41) is 8.89. The zero-order valence-electron chi connectivity index (χ0n) is 14.5. The normalized spacial score (nSPS) is 16.0. The average molecular weight is 370 g/mol. The molecule has 0 unspecified atom stereocenters. The average Bonchev–Trinajstić information content (AvgIpc) is 2.94. The molecule has 1 aliphatic rings. The standard InChI is InChI=1S/C19H18N2O4S/c1-13-8-16-10-15(6-7-18(16)21(13)26(2,23)24)19(22)12-25-17-5-3-4-14(9-17)11-20/h3-7,9-10,13H,8,12H2,1-2H3/t13-/m1/s1. The minimum Gasteiger partial charge on any atom is -0.485 e. The van der Waals surface area contributed by atoms with Gasteiger partial charge in [0.25, 0.3) is 0 Å². The zero-order chi connectivity index (χ0) is 18.9. The van der Waals surface area contributed by atoms with Crippen molar-refractivity contribution in [2.75, 3.05) is 17.2 Å². The summed E-state index contributed by atoms with van der Waals surface area (Å²) in [6, 6.07) is 13.5. The maximum absolute atomic E-state index is 12.4. The quantitative estimate of drug-likeness (QED) is 0.755. The molecule has 26 heavy (non-hydrogen) atoms. The second kappa shape index (κ2) is 6.81. The number of hydrogen-bond donors (Lipinski definition) is 0. The molecule has 0 radical (unpaired) electrons. The fraction of sp³-hybridized carbons (Fsp3) is 0.263. The molecule has 0 aromatic heterocycles. The molecule has 1 aliphatic heterocycles. The lowest BCUT2D eigenvalue weighted by Crippen LogP contribution is -2.34. The third-order valence-corrected chi connectivity index (χ3v) is 5.52. The van der Waals surface area contributed by atoms with Gasteiger partial charge in [-0.25, -0.2) is 8.42 Å². The molecule has 2 aromatic carbocycles. The van der Waals surface area contributed by atoms with Gasteiger partial charge in [-0.05, 0) is 55.3 Å². The maximum atomic E-state index is 12.4. The van der Waals surface area contributed by atoms with Crippen LogP contribution in [0.4, 0.5) is 5.69 Å². The van der Waals surface area contributed by atoms with Crippen LogP contribution in [0.1, 0.15) is 28.4 Å². The van der Waals surface area contributed by atoms with Crippen LogP contribution in [-0.4, -0.2) is 33.1 Å².